The molecule has 0 aromatic carbocycles. The second-order valence-electron chi connectivity index (χ2n) is 6.83. The molecule has 2 aliphatic rings. The molecule has 3 N–H and O–H groups in total. The van der Waals surface area contributed by atoms with Gasteiger partial charge < -0.3 is 11.1 Å². The van der Waals surface area contributed by atoms with Gasteiger partial charge in [-0.1, -0.05) is 31.4 Å². The monoisotopic (exact) mass is 292 g/mol. The second kappa shape index (κ2) is 8.42. The zero-order chi connectivity index (χ0) is 15.1. The molecule has 21 heavy (non-hydrogen) atoms. The summed E-state index contributed by atoms with van der Waals surface area (Å²) in [7, 11) is 0. The molecular weight excluding hydrogens is 260 g/mol. The van der Waals surface area contributed by atoms with Crippen LogP contribution in [-0.2, 0) is 0 Å². The molecule has 1 aliphatic carbocycles. The van der Waals surface area contributed by atoms with Crippen molar-refractivity contribution in [1.29, 1.82) is 0 Å². The van der Waals surface area contributed by atoms with Gasteiger partial charge in [-0.25, -0.2) is 4.99 Å². The average molecular weight is 292 g/mol. The number of nitrogens with two attached hydrogens (primary N) is 1. The maximum Gasteiger partial charge on any atom is 0.188 e. The minimum absolute atomic E-state index is 0.558. The lowest BCUT2D eigenvalue weighted by molar-refractivity contribution is 0.188. The van der Waals surface area contributed by atoms with E-state index in [1.165, 1.54) is 58.0 Å². The van der Waals surface area contributed by atoms with Crippen molar-refractivity contribution >= 4 is 5.96 Å². The van der Waals surface area contributed by atoms with Gasteiger partial charge in [-0.15, -0.1) is 0 Å². The number of hydrogen-bond donors (Lipinski definition) is 2. The van der Waals surface area contributed by atoms with Crippen molar-refractivity contribution in [2.24, 2.45) is 16.6 Å². The molecule has 4 heteroatoms. The predicted molar refractivity (Wildman–Crippen MR) is 90.5 cm³/mol. The van der Waals surface area contributed by atoms with Crippen molar-refractivity contribution in [2.45, 2.75) is 57.9 Å². The van der Waals surface area contributed by atoms with Crippen LogP contribution in [0.25, 0.3) is 0 Å². The van der Waals surface area contributed by atoms with Gasteiger partial charge in [0.1, 0.15) is 0 Å². The summed E-state index contributed by atoms with van der Waals surface area (Å²) in [4.78, 5) is 6.97. The van der Waals surface area contributed by atoms with E-state index < -0.39 is 0 Å². The van der Waals surface area contributed by atoms with E-state index >= 15 is 0 Å². The molecule has 2 fully saturated rings. The van der Waals surface area contributed by atoms with Crippen molar-refractivity contribution < 1.29 is 0 Å². The smallest absolute Gasteiger partial charge is 0.188 e. The Hall–Kier alpha value is -1.03. The predicted octanol–water partition coefficient (Wildman–Crippen LogP) is 2.51. The Labute approximate surface area is 129 Å². The van der Waals surface area contributed by atoms with Gasteiger partial charge in [0.05, 0.1) is 6.54 Å². The SMILES string of the molecule is C=C(C)CN=C(N)NCC1CCCN1CC1CCCCC1. The highest BCUT2D eigenvalue weighted by atomic mass is 15.2. The van der Waals surface area contributed by atoms with E-state index in [1.807, 2.05) is 6.92 Å². The van der Waals surface area contributed by atoms with Crippen LogP contribution in [0.3, 0.4) is 0 Å². The lowest BCUT2D eigenvalue weighted by Gasteiger charge is -2.31. The molecule has 0 radical (unpaired) electrons. The number of likely N-dealkylation sites (tertiary alicyclic amines) is 1. The number of guanidine groups is 1. The number of nitrogens with one attached hydrogen (secondary N) is 1. The van der Waals surface area contributed by atoms with Crippen LogP contribution < -0.4 is 11.1 Å². The van der Waals surface area contributed by atoms with Gasteiger partial charge in [0, 0.05) is 19.1 Å². The lowest BCUT2D eigenvalue weighted by Crippen LogP contribution is -2.44. The van der Waals surface area contributed by atoms with Gasteiger partial charge in [-0.2, -0.15) is 0 Å². The Morgan fingerprint density at radius 3 is 2.71 bits per heavy atom. The van der Waals surface area contributed by atoms with E-state index in [0.717, 1.165) is 18.0 Å². The molecule has 0 aromatic rings. The van der Waals surface area contributed by atoms with E-state index in [0.29, 0.717) is 18.5 Å². The van der Waals surface area contributed by atoms with Gasteiger partial charge in [0.25, 0.3) is 0 Å². The molecule has 0 amide bonds. The van der Waals surface area contributed by atoms with Crippen LogP contribution in [0, 0.1) is 5.92 Å². The Morgan fingerprint density at radius 2 is 2.00 bits per heavy atom. The highest BCUT2D eigenvalue weighted by Gasteiger charge is 2.27. The largest absolute Gasteiger partial charge is 0.370 e. The van der Waals surface area contributed by atoms with E-state index in [-0.39, 0.29) is 0 Å². The molecule has 1 atom stereocenters. The quantitative estimate of drug-likeness (QED) is 0.449. The second-order valence-corrected chi connectivity index (χ2v) is 6.83. The number of rotatable bonds is 6. The summed E-state index contributed by atoms with van der Waals surface area (Å²) in [5.74, 6) is 1.48. The van der Waals surface area contributed by atoms with Crippen molar-refractivity contribution in [3.8, 4) is 0 Å². The minimum atomic E-state index is 0.558. The van der Waals surface area contributed by atoms with Gasteiger partial charge in [0.15, 0.2) is 5.96 Å². The third kappa shape index (κ3) is 5.70. The summed E-state index contributed by atoms with van der Waals surface area (Å²) in [5, 5.41) is 3.29. The summed E-state index contributed by atoms with van der Waals surface area (Å²) in [5.41, 5.74) is 6.95. The first-order valence-corrected chi connectivity index (χ1v) is 8.57. The van der Waals surface area contributed by atoms with Gasteiger partial charge in [0.2, 0.25) is 0 Å². The third-order valence-electron chi connectivity index (χ3n) is 4.75. The summed E-state index contributed by atoms with van der Waals surface area (Å²) in [6, 6.07) is 0.630. The Kier molecular flexibility index (Phi) is 6.55. The lowest BCUT2D eigenvalue weighted by atomic mass is 9.89. The number of nitrogens with zero attached hydrogens (tertiary/aromatic N) is 2. The standard InChI is InChI=1S/C17H32N4/c1-14(2)11-19-17(18)20-12-16-9-6-10-21(16)13-15-7-4-3-5-8-15/h15-16H,1,3-13H2,2H3,(H3,18,19,20). The van der Waals surface area contributed by atoms with Crippen molar-refractivity contribution in [2.75, 3.05) is 26.2 Å². The number of aliphatic imine (C=N–C) groups is 1. The molecular formula is C17H32N4. The van der Waals surface area contributed by atoms with Crippen LogP contribution in [0.5, 0.6) is 0 Å². The highest BCUT2D eigenvalue weighted by Crippen LogP contribution is 2.27. The fourth-order valence-corrected chi connectivity index (χ4v) is 3.57. The first-order valence-electron chi connectivity index (χ1n) is 8.57. The Balaban J connectivity index is 1.73. The van der Waals surface area contributed by atoms with E-state index in [9.17, 15) is 0 Å². The first kappa shape index (κ1) is 16.3. The molecule has 1 unspecified atom stereocenters. The molecule has 0 bridgehead atoms. The highest BCUT2D eigenvalue weighted by molar-refractivity contribution is 5.77. The van der Waals surface area contributed by atoms with Crippen LogP contribution in [0.2, 0.25) is 0 Å². The van der Waals surface area contributed by atoms with Gasteiger partial charge in [-0.3, -0.25) is 4.90 Å². The van der Waals surface area contributed by atoms with Gasteiger partial charge >= 0.3 is 0 Å². The zero-order valence-corrected chi connectivity index (χ0v) is 13.6. The third-order valence-corrected chi connectivity index (χ3v) is 4.75. The number of hydrogen-bond acceptors (Lipinski definition) is 2. The molecule has 1 saturated carbocycles. The van der Waals surface area contributed by atoms with Crippen LogP contribution >= 0.6 is 0 Å². The van der Waals surface area contributed by atoms with Crippen LogP contribution in [0.1, 0.15) is 51.9 Å². The van der Waals surface area contributed by atoms with Crippen LogP contribution in [0.4, 0.5) is 0 Å². The summed E-state index contributed by atoms with van der Waals surface area (Å²) in [6.45, 7) is 9.91. The molecule has 120 valence electrons. The first-order chi connectivity index (χ1) is 10.1. The van der Waals surface area contributed by atoms with E-state index in [1.54, 1.807) is 0 Å². The fraction of sp³-hybridized carbons (Fsp3) is 0.824. The molecule has 2 rings (SSSR count). The molecule has 0 spiro atoms. The van der Waals surface area contributed by atoms with Crippen LogP contribution in [0.15, 0.2) is 17.1 Å². The molecule has 0 aromatic heterocycles. The maximum absolute atomic E-state index is 5.91. The van der Waals surface area contributed by atoms with E-state index in [4.69, 9.17) is 5.73 Å². The molecule has 1 saturated heterocycles. The minimum Gasteiger partial charge on any atom is -0.370 e. The Morgan fingerprint density at radius 1 is 1.24 bits per heavy atom. The molecule has 4 nitrogen and oxygen atoms in total. The van der Waals surface area contributed by atoms with Gasteiger partial charge in [-0.05, 0) is 45.1 Å². The fourth-order valence-electron chi connectivity index (χ4n) is 3.57. The molecule has 1 heterocycles. The molecule has 1 aliphatic heterocycles. The van der Waals surface area contributed by atoms with E-state index in [2.05, 4.69) is 21.8 Å². The summed E-state index contributed by atoms with van der Waals surface area (Å²) < 4.78 is 0. The summed E-state index contributed by atoms with van der Waals surface area (Å²) in [6.07, 6.45) is 9.77. The topological polar surface area (TPSA) is 53.6 Å². The normalized spacial score (nSPS) is 25.2. The zero-order valence-electron chi connectivity index (χ0n) is 13.6. The van der Waals surface area contributed by atoms with Crippen molar-refractivity contribution in [3.63, 3.8) is 0 Å². The van der Waals surface area contributed by atoms with Crippen molar-refractivity contribution in [3.05, 3.63) is 12.2 Å². The summed E-state index contributed by atoms with van der Waals surface area (Å²) >= 11 is 0. The Bertz CT molecular complexity index is 358. The maximum atomic E-state index is 5.91. The van der Waals surface area contributed by atoms with Crippen LogP contribution in [-0.4, -0.2) is 43.1 Å². The average Bonchev–Trinajstić information content (AvgIpc) is 2.91. The van der Waals surface area contributed by atoms with Crippen molar-refractivity contribution in [1.82, 2.24) is 10.2 Å².